The largest absolute Gasteiger partial charge is 0.478 e. The lowest BCUT2D eigenvalue weighted by Gasteiger charge is -2.25. The third-order valence-electron chi connectivity index (χ3n) is 4.97. The van der Waals surface area contributed by atoms with Crippen LogP contribution in [0, 0.1) is 0 Å². The van der Waals surface area contributed by atoms with Crippen LogP contribution in [-0.2, 0) is 13.1 Å². The molecule has 4 rings (SSSR count). The van der Waals surface area contributed by atoms with Crippen molar-refractivity contribution in [2.75, 3.05) is 4.90 Å². The first-order valence-corrected chi connectivity index (χ1v) is 10.1. The summed E-state index contributed by atoms with van der Waals surface area (Å²) in [6.45, 7) is 1.41. The third-order valence-corrected chi connectivity index (χ3v) is 4.97. The highest BCUT2D eigenvalue weighted by Crippen LogP contribution is 2.24. The van der Waals surface area contributed by atoms with Gasteiger partial charge in [0, 0.05) is 18.8 Å². The van der Waals surface area contributed by atoms with Crippen LogP contribution in [0.3, 0.4) is 0 Å². The molecule has 4 aromatic carbocycles. The van der Waals surface area contributed by atoms with Crippen LogP contribution >= 0.6 is 0 Å². The molecular formula is C27H23NO3. The average Bonchev–Trinajstić information content (AvgIpc) is 2.81. The molecule has 0 saturated carbocycles. The minimum Gasteiger partial charge on any atom is -0.478 e. The lowest BCUT2D eigenvalue weighted by molar-refractivity contribution is 0.0697. The molecule has 0 aliphatic rings. The number of carbonyl (C=O) groups is 1. The Morgan fingerprint density at radius 2 is 1.16 bits per heavy atom. The second-order valence-electron chi connectivity index (χ2n) is 7.25. The van der Waals surface area contributed by atoms with E-state index in [0.29, 0.717) is 6.54 Å². The van der Waals surface area contributed by atoms with Gasteiger partial charge in [0.05, 0.1) is 5.56 Å². The molecule has 4 aromatic rings. The van der Waals surface area contributed by atoms with Gasteiger partial charge in [-0.3, -0.25) is 0 Å². The van der Waals surface area contributed by atoms with Crippen molar-refractivity contribution in [3.8, 4) is 11.5 Å². The van der Waals surface area contributed by atoms with E-state index in [1.807, 2.05) is 72.8 Å². The number of carboxylic acid groups (broad SMARTS) is 1. The van der Waals surface area contributed by atoms with Crippen LogP contribution in [-0.4, -0.2) is 11.1 Å². The molecule has 4 nitrogen and oxygen atoms in total. The summed E-state index contributed by atoms with van der Waals surface area (Å²) in [7, 11) is 0. The van der Waals surface area contributed by atoms with E-state index < -0.39 is 5.97 Å². The van der Waals surface area contributed by atoms with Crippen molar-refractivity contribution in [2.45, 2.75) is 13.1 Å². The number of ether oxygens (including phenoxy) is 1. The first-order chi connectivity index (χ1) is 15.2. The molecule has 0 radical (unpaired) electrons. The monoisotopic (exact) mass is 409 g/mol. The van der Waals surface area contributed by atoms with E-state index in [9.17, 15) is 9.90 Å². The summed E-state index contributed by atoms with van der Waals surface area (Å²) in [5.41, 5.74) is 3.58. The zero-order valence-corrected chi connectivity index (χ0v) is 17.0. The zero-order chi connectivity index (χ0) is 21.5. The molecule has 0 amide bonds. The minimum atomic E-state index is -0.921. The fourth-order valence-corrected chi connectivity index (χ4v) is 3.37. The summed E-state index contributed by atoms with van der Waals surface area (Å²) in [5, 5.41) is 9.19. The van der Waals surface area contributed by atoms with Crippen LogP contribution in [0.1, 0.15) is 21.5 Å². The van der Waals surface area contributed by atoms with Gasteiger partial charge in [-0.25, -0.2) is 4.79 Å². The fraction of sp³-hybridized carbons (Fsp3) is 0.0741. The highest BCUT2D eigenvalue weighted by Gasteiger charge is 2.11. The maximum atomic E-state index is 11.2. The lowest BCUT2D eigenvalue weighted by Crippen LogP contribution is -2.22. The maximum Gasteiger partial charge on any atom is 0.335 e. The molecule has 0 saturated heterocycles. The summed E-state index contributed by atoms with van der Waals surface area (Å²) >= 11 is 0. The SMILES string of the molecule is O=C(O)c1ccc(N(Cc2ccccc2)Cc2ccc(Oc3ccccc3)cc2)cc1. The molecule has 31 heavy (non-hydrogen) atoms. The van der Waals surface area contributed by atoms with E-state index in [1.54, 1.807) is 12.1 Å². The van der Waals surface area contributed by atoms with Crippen LogP contribution < -0.4 is 9.64 Å². The number of para-hydroxylation sites is 1. The summed E-state index contributed by atoms with van der Waals surface area (Å²) in [6.07, 6.45) is 0. The van der Waals surface area contributed by atoms with E-state index in [1.165, 1.54) is 5.56 Å². The molecule has 0 atom stereocenters. The molecule has 0 heterocycles. The van der Waals surface area contributed by atoms with Gasteiger partial charge in [0.1, 0.15) is 11.5 Å². The number of aromatic carboxylic acids is 1. The zero-order valence-electron chi connectivity index (χ0n) is 17.0. The molecule has 4 heteroatoms. The minimum absolute atomic E-state index is 0.283. The summed E-state index contributed by atoms with van der Waals surface area (Å²) in [6, 6.07) is 35.0. The molecule has 0 bridgehead atoms. The highest BCUT2D eigenvalue weighted by atomic mass is 16.5. The van der Waals surface area contributed by atoms with E-state index in [2.05, 4.69) is 29.2 Å². The maximum absolute atomic E-state index is 11.2. The van der Waals surface area contributed by atoms with E-state index in [-0.39, 0.29) is 5.56 Å². The summed E-state index contributed by atoms with van der Waals surface area (Å²) in [4.78, 5) is 13.4. The van der Waals surface area contributed by atoms with Crippen LogP contribution in [0.15, 0.2) is 109 Å². The van der Waals surface area contributed by atoms with E-state index in [4.69, 9.17) is 4.74 Å². The predicted molar refractivity (Wildman–Crippen MR) is 123 cm³/mol. The molecule has 154 valence electrons. The lowest BCUT2D eigenvalue weighted by atomic mass is 10.1. The molecule has 0 fully saturated rings. The van der Waals surface area contributed by atoms with Gasteiger partial charge >= 0.3 is 5.97 Å². The number of nitrogens with zero attached hydrogens (tertiary/aromatic N) is 1. The fourth-order valence-electron chi connectivity index (χ4n) is 3.37. The molecule has 0 aliphatic carbocycles. The number of anilines is 1. The number of hydrogen-bond acceptors (Lipinski definition) is 3. The van der Waals surface area contributed by atoms with Gasteiger partial charge in [-0.15, -0.1) is 0 Å². The molecular weight excluding hydrogens is 386 g/mol. The quantitative estimate of drug-likeness (QED) is 0.367. The second-order valence-corrected chi connectivity index (χ2v) is 7.25. The average molecular weight is 409 g/mol. The van der Waals surface area contributed by atoms with E-state index in [0.717, 1.165) is 29.3 Å². The van der Waals surface area contributed by atoms with Crippen molar-refractivity contribution in [1.29, 1.82) is 0 Å². The van der Waals surface area contributed by atoms with Gasteiger partial charge in [-0.1, -0.05) is 60.7 Å². The molecule has 1 N–H and O–H groups in total. The van der Waals surface area contributed by atoms with Crippen molar-refractivity contribution in [3.63, 3.8) is 0 Å². The Kier molecular flexibility index (Phi) is 6.29. The molecule has 0 aromatic heterocycles. The van der Waals surface area contributed by atoms with Crippen molar-refractivity contribution < 1.29 is 14.6 Å². The Morgan fingerprint density at radius 1 is 0.645 bits per heavy atom. The van der Waals surface area contributed by atoms with Gasteiger partial charge in [0.2, 0.25) is 0 Å². The Morgan fingerprint density at radius 3 is 1.74 bits per heavy atom. The first kappa shape index (κ1) is 20.2. The first-order valence-electron chi connectivity index (χ1n) is 10.1. The van der Waals surface area contributed by atoms with E-state index >= 15 is 0 Å². The highest BCUT2D eigenvalue weighted by molar-refractivity contribution is 5.88. The van der Waals surface area contributed by atoms with Crippen LogP contribution in [0.25, 0.3) is 0 Å². The van der Waals surface area contributed by atoms with Crippen molar-refractivity contribution in [3.05, 3.63) is 126 Å². The van der Waals surface area contributed by atoms with Crippen molar-refractivity contribution in [1.82, 2.24) is 0 Å². The molecule has 0 unspecified atom stereocenters. The standard InChI is InChI=1S/C27H23NO3/c29-27(30)23-13-15-24(16-14-23)28(19-21-7-3-1-4-8-21)20-22-11-17-26(18-12-22)31-25-9-5-2-6-10-25/h1-18H,19-20H2,(H,29,30). The predicted octanol–water partition coefficient (Wildman–Crippen LogP) is 6.38. The topological polar surface area (TPSA) is 49.8 Å². The number of rotatable bonds is 8. The Labute approximate surface area is 182 Å². The Hall–Kier alpha value is -4.05. The second kappa shape index (κ2) is 9.63. The third kappa shape index (κ3) is 5.52. The Balaban J connectivity index is 1.53. The van der Waals surface area contributed by atoms with Crippen LogP contribution in [0.2, 0.25) is 0 Å². The normalized spacial score (nSPS) is 10.5. The number of benzene rings is 4. The van der Waals surface area contributed by atoms with Crippen LogP contribution in [0.5, 0.6) is 11.5 Å². The summed E-state index contributed by atoms with van der Waals surface area (Å²) < 4.78 is 5.88. The summed E-state index contributed by atoms with van der Waals surface area (Å²) in [5.74, 6) is 0.671. The molecule has 0 spiro atoms. The van der Waals surface area contributed by atoms with Gasteiger partial charge < -0.3 is 14.7 Å². The van der Waals surface area contributed by atoms with Gasteiger partial charge in [-0.05, 0) is 59.7 Å². The van der Waals surface area contributed by atoms with Gasteiger partial charge in [-0.2, -0.15) is 0 Å². The van der Waals surface area contributed by atoms with Crippen molar-refractivity contribution in [2.24, 2.45) is 0 Å². The van der Waals surface area contributed by atoms with Crippen LogP contribution in [0.4, 0.5) is 5.69 Å². The molecule has 0 aliphatic heterocycles. The Bertz CT molecular complexity index is 1110. The number of carboxylic acids is 1. The number of hydrogen-bond donors (Lipinski definition) is 1. The van der Waals surface area contributed by atoms with Gasteiger partial charge in [0.25, 0.3) is 0 Å². The van der Waals surface area contributed by atoms with Gasteiger partial charge in [0.15, 0.2) is 0 Å². The smallest absolute Gasteiger partial charge is 0.335 e. The van der Waals surface area contributed by atoms with Crippen molar-refractivity contribution >= 4 is 11.7 Å².